The smallest absolute Gasteiger partial charge is 0.355 e. The third kappa shape index (κ3) is 3.11. The number of nitrogens with zero attached hydrogens (tertiary/aromatic N) is 1. The zero-order valence-electron chi connectivity index (χ0n) is 13.3. The molecule has 0 aliphatic carbocycles. The molecule has 0 unspecified atom stereocenters. The number of H-pyrrole nitrogens is 1. The highest BCUT2D eigenvalue weighted by Crippen LogP contribution is 2.27. The van der Waals surface area contributed by atoms with Crippen molar-refractivity contribution >= 4 is 18.6 Å². The van der Waals surface area contributed by atoms with Gasteiger partial charge in [0, 0.05) is 27.9 Å². The fourth-order valence-corrected chi connectivity index (χ4v) is 2.22. The Morgan fingerprint density at radius 2 is 2.04 bits per heavy atom. The number of aromatic amines is 1. The Bertz CT molecular complexity index is 852. The SMILES string of the molecule is C=C(/C=c1/c(-c2cccnc2OC)c(C(=O)OC)[nH]c1=C)OC. The van der Waals surface area contributed by atoms with Crippen molar-refractivity contribution in [2.24, 2.45) is 0 Å². The summed E-state index contributed by atoms with van der Waals surface area (Å²) >= 11 is 0. The van der Waals surface area contributed by atoms with E-state index >= 15 is 0 Å². The number of methoxy groups -OCH3 is 3. The van der Waals surface area contributed by atoms with E-state index < -0.39 is 5.97 Å². The van der Waals surface area contributed by atoms with Gasteiger partial charge in [0.1, 0.15) is 11.5 Å². The number of hydrogen-bond donors (Lipinski definition) is 1. The standard InChI is InChI=1S/C17H18N2O4/c1-10(21-3)9-13-11(2)19-15(17(20)23-5)14(13)12-7-6-8-18-16(12)22-4/h6-9,19H,1-2H2,3-5H3/b13-9+. The van der Waals surface area contributed by atoms with Crippen LogP contribution in [-0.2, 0) is 9.47 Å². The van der Waals surface area contributed by atoms with Gasteiger partial charge in [0.25, 0.3) is 0 Å². The first-order chi connectivity index (χ1) is 11.0. The summed E-state index contributed by atoms with van der Waals surface area (Å²) in [6.07, 6.45) is 3.29. The highest BCUT2D eigenvalue weighted by molar-refractivity contribution is 5.96. The first-order valence-electron chi connectivity index (χ1n) is 6.76. The van der Waals surface area contributed by atoms with Crippen LogP contribution in [0.4, 0.5) is 0 Å². The van der Waals surface area contributed by atoms with Crippen LogP contribution < -0.4 is 15.3 Å². The van der Waals surface area contributed by atoms with E-state index in [1.165, 1.54) is 21.3 Å². The van der Waals surface area contributed by atoms with Gasteiger partial charge in [-0.25, -0.2) is 9.78 Å². The predicted molar refractivity (Wildman–Crippen MR) is 87.3 cm³/mol. The molecule has 0 amide bonds. The molecule has 0 saturated heterocycles. The van der Waals surface area contributed by atoms with E-state index in [9.17, 15) is 4.79 Å². The molecular weight excluding hydrogens is 296 g/mol. The number of ether oxygens (including phenoxy) is 3. The maximum absolute atomic E-state index is 12.1. The molecule has 0 spiro atoms. The normalized spacial score (nSPS) is 11.2. The van der Waals surface area contributed by atoms with E-state index in [2.05, 4.69) is 23.1 Å². The summed E-state index contributed by atoms with van der Waals surface area (Å²) in [5.41, 5.74) is 1.47. The third-order valence-corrected chi connectivity index (χ3v) is 3.31. The molecule has 6 nitrogen and oxygen atoms in total. The van der Waals surface area contributed by atoms with Gasteiger partial charge in [-0.2, -0.15) is 0 Å². The molecule has 0 radical (unpaired) electrons. The van der Waals surface area contributed by atoms with Crippen molar-refractivity contribution in [1.29, 1.82) is 0 Å². The van der Waals surface area contributed by atoms with Gasteiger partial charge in [-0.3, -0.25) is 0 Å². The average molecular weight is 314 g/mol. The minimum atomic E-state index is -0.515. The van der Waals surface area contributed by atoms with Gasteiger partial charge in [0.2, 0.25) is 5.88 Å². The first-order valence-corrected chi connectivity index (χ1v) is 6.76. The van der Waals surface area contributed by atoms with E-state index in [0.717, 1.165) is 0 Å². The van der Waals surface area contributed by atoms with Crippen molar-refractivity contribution in [3.63, 3.8) is 0 Å². The highest BCUT2D eigenvalue weighted by atomic mass is 16.5. The second-order valence-electron chi connectivity index (χ2n) is 4.63. The van der Waals surface area contributed by atoms with Gasteiger partial charge in [0.15, 0.2) is 0 Å². The summed E-state index contributed by atoms with van der Waals surface area (Å²) in [7, 11) is 4.34. The monoisotopic (exact) mass is 314 g/mol. The Morgan fingerprint density at radius 3 is 2.65 bits per heavy atom. The highest BCUT2D eigenvalue weighted by Gasteiger charge is 2.21. The lowest BCUT2D eigenvalue weighted by atomic mass is 10.0. The molecule has 0 saturated carbocycles. The van der Waals surface area contributed by atoms with Crippen LogP contribution in [-0.4, -0.2) is 37.3 Å². The number of pyridine rings is 1. The summed E-state index contributed by atoms with van der Waals surface area (Å²) in [6, 6.07) is 3.55. The lowest BCUT2D eigenvalue weighted by Gasteiger charge is -2.08. The summed E-state index contributed by atoms with van der Waals surface area (Å²) in [4.78, 5) is 19.2. The van der Waals surface area contributed by atoms with Gasteiger partial charge in [-0.15, -0.1) is 0 Å². The zero-order valence-corrected chi connectivity index (χ0v) is 13.3. The second kappa shape index (κ2) is 6.83. The summed E-state index contributed by atoms with van der Waals surface area (Å²) in [6.45, 7) is 7.71. The molecule has 0 bridgehead atoms. The topological polar surface area (TPSA) is 73.4 Å². The Balaban J connectivity index is 2.88. The van der Waals surface area contributed by atoms with Gasteiger partial charge < -0.3 is 19.2 Å². The summed E-state index contributed by atoms with van der Waals surface area (Å²) in [5.74, 6) is 0.294. The van der Waals surface area contributed by atoms with Gasteiger partial charge in [-0.05, 0) is 18.2 Å². The van der Waals surface area contributed by atoms with Gasteiger partial charge in [0.05, 0.1) is 21.3 Å². The van der Waals surface area contributed by atoms with Crippen molar-refractivity contribution < 1.29 is 19.0 Å². The number of rotatable bonds is 5. The minimum Gasteiger partial charge on any atom is -0.497 e. The van der Waals surface area contributed by atoms with E-state index in [-0.39, 0.29) is 5.69 Å². The van der Waals surface area contributed by atoms with Crippen LogP contribution in [0.5, 0.6) is 5.88 Å². The molecule has 6 heteroatoms. The third-order valence-electron chi connectivity index (χ3n) is 3.31. The van der Waals surface area contributed by atoms with Crippen molar-refractivity contribution in [3.05, 3.63) is 46.9 Å². The second-order valence-corrected chi connectivity index (χ2v) is 4.63. The average Bonchev–Trinajstić information content (AvgIpc) is 2.90. The fourth-order valence-electron chi connectivity index (χ4n) is 2.22. The molecule has 2 rings (SSSR count). The number of hydrogen-bond acceptors (Lipinski definition) is 5. The lowest BCUT2D eigenvalue weighted by Crippen LogP contribution is -2.22. The molecule has 0 fully saturated rings. The quantitative estimate of drug-likeness (QED) is 0.663. The maximum atomic E-state index is 12.1. The molecule has 0 atom stereocenters. The van der Waals surface area contributed by atoms with Crippen LogP contribution in [0.2, 0.25) is 0 Å². The van der Waals surface area contributed by atoms with E-state index in [4.69, 9.17) is 14.2 Å². The molecule has 2 aromatic heterocycles. The first kappa shape index (κ1) is 16.4. The number of carbonyl (C=O) groups excluding carboxylic acids is 1. The van der Waals surface area contributed by atoms with Crippen LogP contribution in [0.1, 0.15) is 10.5 Å². The van der Waals surface area contributed by atoms with Crippen LogP contribution in [0.25, 0.3) is 23.8 Å². The molecule has 2 heterocycles. The molecule has 0 aliphatic rings. The Hall–Kier alpha value is -3.02. The molecule has 0 aromatic carbocycles. The van der Waals surface area contributed by atoms with Crippen molar-refractivity contribution in [1.82, 2.24) is 9.97 Å². The zero-order chi connectivity index (χ0) is 17.0. The van der Waals surface area contributed by atoms with E-state index in [0.29, 0.717) is 33.3 Å². The largest absolute Gasteiger partial charge is 0.497 e. The molecule has 2 aromatic rings. The molecule has 1 N–H and O–H groups in total. The Kier molecular flexibility index (Phi) is 4.85. The molecule has 23 heavy (non-hydrogen) atoms. The maximum Gasteiger partial charge on any atom is 0.355 e. The molecule has 120 valence electrons. The number of allylic oxidation sites excluding steroid dienone is 1. The fraction of sp³-hybridized carbons (Fsp3) is 0.176. The van der Waals surface area contributed by atoms with Crippen LogP contribution >= 0.6 is 0 Å². The predicted octanol–water partition coefficient (Wildman–Crippen LogP) is 1.22. The summed E-state index contributed by atoms with van der Waals surface area (Å²) < 4.78 is 15.2. The van der Waals surface area contributed by atoms with Crippen LogP contribution in [0.3, 0.4) is 0 Å². The van der Waals surface area contributed by atoms with Gasteiger partial charge >= 0.3 is 5.97 Å². The van der Waals surface area contributed by atoms with Crippen LogP contribution in [0.15, 0.2) is 30.7 Å². The molecular formula is C17H18N2O4. The number of aromatic nitrogens is 2. The van der Waals surface area contributed by atoms with E-state index in [1.807, 2.05) is 0 Å². The Labute approximate surface area is 133 Å². The van der Waals surface area contributed by atoms with Crippen molar-refractivity contribution in [3.8, 4) is 17.0 Å². The minimum absolute atomic E-state index is 0.263. The van der Waals surface area contributed by atoms with Crippen LogP contribution in [0, 0.1) is 0 Å². The van der Waals surface area contributed by atoms with E-state index in [1.54, 1.807) is 24.4 Å². The Morgan fingerprint density at radius 1 is 1.30 bits per heavy atom. The number of esters is 1. The van der Waals surface area contributed by atoms with Gasteiger partial charge in [-0.1, -0.05) is 13.2 Å². The lowest BCUT2D eigenvalue weighted by molar-refractivity contribution is 0.0595. The molecule has 0 aliphatic heterocycles. The number of nitrogens with one attached hydrogen (secondary N) is 1. The summed E-state index contributed by atoms with van der Waals surface area (Å²) in [5, 5.41) is 1.19. The van der Waals surface area contributed by atoms with Crippen molar-refractivity contribution in [2.45, 2.75) is 0 Å². The number of carbonyl (C=O) groups is 1. The van der Waals surface area contributed by atoms with Crippen molar-refractivity contribution in [2.75, 3.05) is 21.3 Å².